The lowest BCUT2D eigenvalue weighted by atomic mass is 9.91. The standard InChI is InChI=1S/C13H16N6/c1-13(2,3)10-9-11(14)16-17-12(9)19(18-10)8-6-4-5-7-15-8/h4-7H,1-3H3,(H3,14,16,17). The second-order valence-electron chi connectivity index (χ2n) is 5.53. The molecule has 3 N–H and O–H groups in total. The van der Waals surface area contributed by atoms with Gasteiger partial charge in [0.05, 0.1) is 11.1 Å². The van der Waals surface area contributed by atoms with Gasteiger partial charge in [0.25, 0.3) is 0 Å². The maximum atomic E-state index is 5.97. The van der Waals surface area contributed by atoms with E-state index in [-0.39, 0.29) is 5.41 Å². The first-order chi connectivity index (χ1) is 8.98. The van der Waals surface area contributed by atoms with E-state index in [1.807, 2.05) is 18.2 Å². The number of aromatic nitrogens is 5. The second-order valence-corrected chi connectivity index (χ2v) is 5.53. The van der Waals surface area contributed by atoms with Gasteiger partial charge in [0, 0.05) is 11.6 Å². The van der Waals surface area contributed by atoms with Crippen LogP contribution in [0.15, 0.2) is 24.4 Å². The van der Waals surface area contributed by atoms with Crippen LogP contribution < -0.4 is 5.73 Å². The molecule has 3 rings (SSSR count). The van der Waals surface area contributed by atoms with Crippen LogP contribution in [0.5, 0.6) is 0 Å². The Morgan fingerprint density at radius 1 is 1.26 bits per heavy atom. The van der Waals surface area contributed by atoms with Crippen LogP contribution in [0.3, 0.4) is 0 Å². The Hall–Kier alpha value is -2.37. The predicted octanol–water partition coefficient (Wildman–Crippen LogP) is 2.02. The highest BCUT2D eigenvalue weighted by atomic mass is 15.4. The topological polar surface area (TPSA) is 85.4 Å². The van der Waals surface area contributed by atoms with Crippen LogP contribution in [0.2, 0.25) is 0 Å². The summed E-state index contributed by atoms with van der Waals surface area (Å²) < 4.78 is 1.72. The quantitative estimate of drug-likeness (QED) is 0.697. The summed E-state index contributed by atoms with van der Waals surface area (Å²) in [5.74, 6) is 1.27. The number of hydrogen-bond acceptors (Lipinski definition) is 4. The smallest absolute Gasteiger partial charge is 0.188 e. The number of nitrogens with zero attached hydrogens (tertiary/aromatic N) is 4. The summed E-state index contributed by atoms with van der Waals surface area (Å²) in [6, 6.07) is 5.68. The van der Waals surface area contributed by atoms with Crippen molar-refractivity contribution in [1.29, 1.82) is 0 Å². The SMILES string of the molecule is CC(C)(C)c1nn(-c2ccccn2)c2n[nH]c(N)c12. The molecule has 3 heterocycles. The van der Waals surface area contributed by atoms with Crippen molar-refractivity contribution in [1.82, 2.24) is 25.0 Å². The van der Waals surface area contributed by atoms with Crippen LogP contribution >= 0.6 is 0 Å². The molecule has 0 aliphatic rings. The Morgan fingerprint density at radius 2 is 2.05 bits per heavy atom. The van der Waals surface area contributed by atoms with Gasteiger partial charge in [-0.2, -0.15) is 14.9 Å². The third-order valence-electron chi connectivity index (χ3n) is 2.99. The summed E-state index contributed by atoms with van der Waals surface area (Å²) in [7, 11) is 0. The summed E-state index contributed by atoms with van der Waals surface area (Å²) in [6.45, 7) is 6.30. The van der Waals surface area contributed by atoms with Crippen LogP contribution in [-0.2, 0) is 5.41 Å². The molecule has 0 saturated carbocycles. The number of aromatic amines is 1. The number of anilines is 1. The number of rotatable bonds is 1. The summed E-state index contributed by atoms with van der Waals surface area (Å²) >= 11 is 0. The molecule has 0 radical (unpaired) electrons. The second kappa shape index (κ2) is 3.81. The molecule has 0 fully saturated rings. The zero-order valence-corrected chi connectivity index (χ0v) is 11.2. The van der Waals surface area contributed by atoms with Gasteiger partial charge >= 0.3 is 0 Å². The van der Waals surface area contributed by atoms with E-state index in [9.17, 15) is 0 Å². The van der Waals surface area contributed by atoms with Crippen molar-refractivity contribution < 1.29 is 0 Å². The molecule has 0 spiro atoms. The first kappa shape index (κ1) is 11.7. The van der Waals surface area contributed by atoms with E-state index < -0.39 is 0 Å². The van der Waals surface area contributed by atoms with Gasteiger partial charge in [0.1, 0.15) is 5.82 Å². The predicted molar refractivity (Wildman–Crippen MR) is 74.1 cm³/mol. The Labute approximate surface area is 110 Å². The number of nitrogen functional groups attached to an aromatic ring is 1. The van der Waals surface area contributed by atoms with Crippen LogP contribution in [0.25, 0.3) is 16.9 Å². The number of fused-ring (bicyclic) bond motifs is 1. The van der Waals surface area contributed by atoms with Gasteiger partial charge in [0.15, 0.2) is 11.5 Å². The molecule has 0 aromatic carbocycles. The monoisotopic (exact) mass is 256 g/mol. The molecule has 19 heavy (non-hydrogen) atoms. The average Bonchev–Trinajstić information content (AvgIpc) is 2.91. The lowest BCUT2D eigenvalue weighted by molar-refractivity contribution is 0.563. The van der Waals surface area contributed by atoms with Crippen molar-refractivity contribution in [2.75, 3.05) is 5.73 Å². The van der Waals surface area contributed by atoms with E-state index in [0.29, 0.717) is 11.5 Å². The van der Waals surface area contributed by atoms with Crippen molar-refractivity contribution >= 4 is 16.9 Å². The van der Waals surface area contributed by atoms with Gasteiger partial charge in [-0.15, -0.1) is 0 Å². The van der Waals surface area contributed by atoms with Crippen LogP contribution in [0, 0.1) is 0 Å². The molecule has 98 valence electrons. The van der Waals surface area contributed by atoms with Crippen molar-refractivity contribution in [2.45, 2.75) is 26.2 Å². The van der Waals surface area contributed by atoms with Gasteiger partial charge < -0.3 is 5.73 Å². The number of nitrogens with one attached hydrogen (secondary N) is 1. The average molecular weight is 256 g/mol. The fraction of sp³-hybridized carbons (Fsp3) is 0.308. The zero-order chi connectivity index (χ0) is 13.6. The summed E-state index contributed by atoms with van der Waals surface area (Å²) in [5, 5.41) is 12.6. The number of nitrogens with two attached hydrogens (primary N) is 1. The Morgan fingerprint density at radius 3 is 2.68 bits per heavy atom. The lowest BCUT2D eigenvalue weighted by Crippen LogP contribution is -2.14. The molecule has 0 aliphatic carbocycles. The molecule has 3 aromatic rings. The minimum atomic E-state index is -0.115. The van der Waals surface area contributed by atoms with Crippen molar-refractivity contribution in [3.05, 3.63) is 30.1 Å². The van der Waals surface area contributed by atoms with Gasteiger partial charge in [-0.25, -0.2) is 4.98 Å². The molecule has 3 aromatic heterocycles. The van der Waals surface area contributed by atoms with Gasteiger partial charge in [0.2, 0.25) is 0 Å². The van der Waals surface area contributed by atoms with E-state index in [0.717, 1.165) is 16.9 Å². The first-order valence-corrected chi connectivity index (χ1v) is 6.13. The van der Waals surface area contributed by atoms with E-state index in [1.165, 1.54) is 0 Å². The Bertz CT molecular complexity index is 717. The molecular weight excluding hydrogens is 240 g/mol. The first-order valence-electron chi connectivity index (χ1n) is 6.13. The number of pyridine rings is 1. The normalized spacial score (nSPS) is 12.2. The summed E-state index contributed by atoms with van der Waals surface area (Å²) in [4.78, 5) is 4.31. The Balaban J connectivity index is 2.34. The van der Waals surface area contributed by atoms with Crippen LogP contribution in [0.1, 0.15) is 26.5 Å². The van der Waals surface area contributed by atoms with Crippen LogP contribution in [0.4, 0.5) is 5.82 Å². The van der Waals surface area contributed by atoms with E-state index in [1.54, 1.807) is 10.9 Å². The summed E-state index contributed by atoms with van der Waals surface area (Å²) in [5.41, 5.74) is 7.48. The largest absolute Gasteiger partial charge is 0.383 e. The highest BCUT2D eigenvalue weighted by Gasteiger charge is 2.26. The molecule has 0 saturated heterocycles. The minimum Gasteiger partial charge on any atom is -0.383 e. The molecule has 0 amide bonds. The van der Waals surface area contributed by atoms with Crippen molar-refractivity contribution in [3.8, 4) is 5.82 Å². The third kappa shape index (κ3) is 1.76. The number of hydrogen-bond donors (Lipinski definition) is 2. The van der Waals surface area contributed by atoms with Crippen LogP contribution in [-0.4, -0.2) is 25.0 Å². The third-order valence-corrected chi connectivity index (χ3v) is 2.99. The molecule has 0 atom stereocenters. The van der Waals surface area contributed by atoms with E-state index >= 15 is 0 Å². The maximum absolute atomic E-state index is 5.97. The fourth-order valence-electron chi connectivity index (χ4n) is 2.09. The maximum Gasteiger partial charge on any atom is 0.188 e. The minimum absolute atomic E-state index is 0.115. The molecule has 0 bridgehead atoms. The van der Waals surface area contributed by atoms with E-state index in [2.05, 4.69) is 41.1 Å². The van der Waals surface area contributed by atoms with Gasteiger partial charge in [-0.1, -0.05) is 26.8 Å². The lowest BCUT2D eigenvalue weighted by Gasteiger charge is -2.15. The molecular formula is C13H16N6. The fourth-order valence-corrected chi connectivity index (χ4v) is 2.09. The Kier molecular flexibility index (Phi) is 2.35. The zero-order valence-electron chi connectivity index (χ0n) is 11.2. The highest BCUT2D eigenvalue weighted by Crippen LogP contribution is 2.32. The van der Waals surface area contributed by atoms with E-state index in [4.69, 9.17) is 5.73 Å². The summed E-state index contributed by atoms with van der Waals surface area (Å²) in [6.07, 6.45) is 1.73. The van der Waals surface area contributed by atoms with Gasteiger partial charge in [-0.05, 0) is 12.1 Å². The van der Waals surface area contributed by atoms with Crippen molar-refractivity contribution in [2.24, 2.45) is 0 Å². The van der Waals surface area contributed by atoms with Crippen molar-refractivity contribution in [3.63, 3.8) is 0 Å². The van der Waals surface area contributed by atoms with Gasteiger partial charge in [-0.3, -0.25) is 5.10 Å². The molecule has 6 nitrogen and oxygen atoms in total. The molecule has 0 aliphatic heterocycles. The molecule has 0 unspecified atom stereocenters. The highest BCUT2D eigenvalue weighted by molar-refractivity contribution is 5.90. The molecule has 6 heteroatoms. The number of H-pyrrole nitrogens is 1.